The van der Waals surface area contributed by atoms with Gasteiger partial charge in [-0.15, -0.1) is 0 Å². The van der Waals surface area contributed by atoms with Crippen molar-refractivity contribution >= 4 is 11.8 Å². The van der Waals surface area contributed by atoms with Crippen LogP contribution in [0.5, 0.6) is 0 Å². The zero-order chi connectivity index (χ0) is 13.7. The van der Waals surface area contributed by atoms with Gasteiger partial charge in [-0.2, -0.15) is 0 Å². The van der Waals surface area contributed by atoms with E-state index < -0.39 is 0 Å². The van der Waals surface area contributed by atoms with Gasteiger partial charge in [-0.05, 0) is 31.6 Å². The second-order valence-corrected chi connectivity index (χ2v) is 4.35. The van der Waals surface area contributed by atoms with Crippen LogP contribution in [-0.2, 0) is 4.74 Å². The number of hydrogen-bond donors (Lipinski definition) is 1. The quantitative estimate of drug-likeness (QED) is 0.903. The van der Waals surface area contributed by atoms with Crippen LogP contribution in [0.3, 0.4) is 0 Å². The van der Waals surface area contributed by atoms with E-state index in [1.54, 1.807) is 12.4 Å². The molecule has 2 heterocycles. The van der Waals surface area contributed by atoms with Gasteiger partial charge >= 0.3 is 0 Å². The van der Waals surface area contributed by atoms with Crippen LogP contribution in [0.25, 0.3) is 5.57 Å². The molecule has 1 aliphatic rings. The van der Waals surface area contributed by atoms with E-state index in [0.717, 1.165) is 16.8 Å². The number of aliphatic imine (C=N–C) groups is 1. The first kappa shape index (κ1) is 13.5. The minimum absolute atomic E-state index is 0.255. The molecule has 0 atom stereocenters. The summed E-state index contributed by atoms with van der Waals surface area (Å²) >= 11 is 0. The Balaban J connectivity index is 2.52. The van der Waals surface area contributed by atoms with Crippen LogP contribution in [0.1, 0.15) is 19.5 Å². The summed E-state index contributed by atoms with van der Waals surface area (Å²) in [6, 6.07) is 5.63. The normalized spacial score (nSPS) is 15.9. The van der Waals surface area contributed by atoms with Gasteiger partial charge in [0.1, 0.15) is 5.76 Å². The molecule has 1 aliphatic heterocycles. The molecule has 1 aromatic rings. The van der Waals surface area contributed by atoms with E-state index in [1.165, 1.54) is 0 Å². The van der Waals surface area contributed by atoms with Crippen LogP contribution in [0, 0.1) is 0 Å². The van der Waals surface area contributed by atoms with Crippen molar-refractivity contribution < 1.29 is 9.84 Å². The number of rotatable bonds is 4. The lowest BCUT2D eigenvalue weighted by Crippen LogP contribution is -2.05. The van der Waals surface area contributed by atoms with Gasteiger partial charge in [0.25, 0.3) is 0 Å². The van der Waals surface area contributed by atoms with Crippen LogP contribution in [0.2, 0.25) is 0 Å². The molecule has 1 aromatic heterocycles. The van der Waals surface area contributed by atoms with Gasteiger partial charge in [0.2, 0.25) is 0 Å². The van der Waals surface area contributed by atoms with Crippen molar-refractivity contribution in [3.05, 3.63) is 47.0 Å². The Morgan fingerprint density at radius 3 is 2.89 bits per heavy atom. The van der Waals surface area contributed by atoms with Crippen LogP contribution in [-0.4, -0.2) is 36.1 Å². The molecule has 4 nitrogen and oxygen atoms in total. The Kier molecular flexibility index (Phi) is 4.47. The first-order chi connectivity index (χ1) is 9.24. The average Bonchev–Trinajstić information content (AvgIpc) is 2.58. The molecule has 19 heavy (non-hydrogen) atoms. The highest BCUT2D eigenvalue weighted by Gasteiger charge is 2.18. The van der Waals surface area contributed by atoms with Crippen molar-refractivity contribution in [1.82, 2.24) is 4.98 Å². The van der Waals surface area contributed by atoms with Crippen molar-refractivity contribution in [3.63, 3.8) is 0 Å². The third-order valence-corrected chi connectivity index (χ3v) is 2.92. The number of nitrogens with zero attached hydrogens (tertiary/aromatic N) is 2. The Bertz CT molecular complexity index is 530. The molecule has 4 heteroatoms. The molecular weight excluding hydrogens is 240 g/mol. The highest BCUT2D eigenvalue weighted by molar-refractivity contribution is 5.96. The lowest BCUT2D eigenvalue weighted by atomic mass is 10.0. The molecule has 0 bridgehead atoms. The lowest BCUT2D eigenvalue weighted by Gasteiger charge is -2.11. The number of ether oxygens (including phenoxy) is 1. The van der Waals surface area contributed by atoms with Gasteiger partial charge in [-0.25, -0.2) is 0 Å². The average molecular weight is 258 g/mol. The second-order valence-electron chi connectivity index (χ2n) is 4.35. The van der Waals surface area contributed by atoms with Crippen molar-refractivity contribution in [3.8, 4) is 0 Å². The summed E-state index contributed by atoms with van der Waals surface area (Å²) in [5.41, 5.74) is 3.15. The summed E-state index contributed by atoms with van der Waals surface area (Å²) in [6.07, 6.45) is 3.48. The molecule has 1 N–H and O–H groups in total. The molecule has 0 saturated carbocycles. The third kappa shape index (κ3) is 3.09. The van der Waals surface area contributed by atoms with Crippen molar-refractivity contribution in [2.24, 2.45) is 4.99 Å². The first-order valence-electron chi connectivity index (χ1n) is 6.35. The van der Waals surface area contributed by atoms with Crippen molar-refractivity contribution in [2.75, 3.05) is 19.8 Å². The van der Waals surface area contributed by atoms with Crippen LogP contribution < -0.4 is 0 Å². The third-order valence-electron chi connectivity index (χ3n) is 2.92. The summed E-state index contributed by atoms with van der Waals surface area (Å²) < 4.78 is 5.45. The fourth-order valence-corrected chi connectivity index (χ4v) is 1.92. The number of allylic oxidation sites excluding steroid dienone is 1. The minimum Gasteiger partial charge on any atom is -0.507 e. The summed E-state index contributed by atoms with van der Waals surface area (Å²) in [6.45, 7) is 5.35. The van der Waals surface area contributed by atoms with Crippen LogP contribution >= 0.6 is 0 Å². The molecule has 0 aliphatic carbocycles. The van der Waals surface area contributed by atoms with Crippen molar-refractivity contribution in [1.29, 1.82) is 0 Å². The lowest BCUT2D eigenvalue weighted by molar-refractivity contribution is 0.174. The fraction of sp³-hybridized carbons (Fsp3) is 0.333. The summed E-state index contributed by atoms with van der Waals surface area (Å²) in [7, 11) is 0. The van der Waals surface area contributed by atoms with Crippen molar-refractivity contribution in [2.45, 2.75) is 13.8 Å². The van der Waals surface area contributed by atoms with E-state index >= 15 is 0 Å². The van der Waals surface area contributed by atoms with Gasteiger partial charge in [-0.1, -0.05) is 6.07 Å². The molecule has 2 rings (SSSR count). The highest BCUT2D eigenvalue weighted by atomic mass is 16.5. The smallest absolute Gasteiger partial charge is 0.126 e. The SMILES string of the molecule is CCOCC1=C(c2ccccn2)C(O)=C(C)CN=C1. The summed E-state index contributed by atoms with van der Waals surface area (Å²) in [5, 5.41) is 10.4. The summed E-state index contributed by atoms with van der Waals surface area (Å²) in [4.78, 5) is 8.62. The molecule has 0 spiro atoms. The highest BCUT2D eigenvalue weighted by Crippen LogP contribution is 2.27. The maximum Gasteiger partial charge on any atom is 0.126 e. The topological polar surface area (TPSA) is 54.7 Å². The molecule has 0 radical (unpaired) electrons. The fourth-order valence-electron chi connectivity index (χ4n) is 1.92. The largest absolute Gasteiger partial charge is 0.507 e. The predicted octanol–water partition coefficient (Wildman–Crippen LogP) is 2.79. The molecule has 0 amide bonds. The van der Waals surface area contributed by atoms with E-state index in [4.69, 9.17) is 4.74 Å². The number of hydrogen-bond acceptors (Lipinski definition) is 4. The molecule has 100 valence electrons. The monoisotopic (exact) mass is 258 g/mol. The Morgan fingerprint density at radius 1 is 1.37 bits per heavy atom. The van der Waals surface area contributed by atoms with Gasteiger partial charge in [0, 0.05) is 30.2 Å². The van der Waals surface area contributed by atoms with Gasteiger partial charge < -0.3 is 9.84 Å². The molecule has 0 saturated heterocycles. The number of aliphatic hydroxyl groups is 1. The number of aliphatic hydroxyl groups excluding tert-OH is 1. The minimum atomic E-state index is 0.255. The molecule has 0 aromatic carbocycles. The molecule has 0 fully saturated rings. The van der Waals surface area contributed by atoms with Gasteiger partial charge in [0.15, 0.2) is 0 Å². The van der Waals surface area contributed by atoms with E-state index in [2.05, 4.69) is 9.98 Å². The summed E-state index contributed by atoms with van der Waals surface area (Å²) in [5.74, 6) is 0.255. The van der Waals surface area contributed by atoms with Crippen LogP contribution in [0.4, 0.5) is 0 Å². The first-order valence-corrected chi connectivity index (χ1v) is 6.35. The van der Waals surface area contributed by atoms with E-state index in [9.17, 15) is 5.11 Å². The molecule has 0 unspecified atom stereocenters. The van der Waals surface area contributed by atoms with E-state index in [0.29, 0.717) is 25.3 Å². The number of pyridine rings is 1. The zero-order valence-electron chi connectivity index (χ0n) is 11.3. The Morgan fingerprint density at radius 2 is 2.21 bits per heavy atom. The zero-order valence-corrected chi connectivity index (χ0v) is 11.3. The maximum absolute atomic E-state index is 10.4. The molecular formula is C15H18N2O2. The Hall–Kier alpha value is -1.94. The predicted molar refractivity (Wildman–Crippen MR) is 76.3 cm³/mol. The van der Waals surface area contributed by atoms with E-state index in [-0.39, 0.29) is 5.76 Å². The standard InChI is InChI=1S/C15H18N2O2/c1-3-19-10-12-9-16-8-11(2)15(18)14(12)13-6-4-5-7-17-13/h4-7,9,18H,3,8,10H2,1-2H3. The second kappa shape index (κ2) is 6.29. The van der Waals surface area contributed by atoms with Crippen LogP contribution in [0.15, 0.2) is 46.3 Å². The maximum atomic E-state index is 10.4. The van der Waals surface area contributed by atoms with Gasteiger partial charge in [0.05, 0.1) is 18.8 Å². The van der Waals surface area contributed by atoms with Gasteiger partial charge in [-0.3, -0.25) is 9.98 Å². The number of aromatic nitrogens is 1. The Labute approximate surface area is 113 Å². The van der Waals surface area contributed by atoms with E-state index in [1.807, 2.05) is 32.0 Å².